The van der Waals surface area contributed by atoms with Gasteiger partial charge in [-0.15, -0.1) is 0 Å². The molecule has 1 aliphatic carbocycles. The first-order chi connectivity index (χ1) is 9.34. The maximum absolute atomic E-state index is 8.54. The predicted molar refractivity (Wildman–Crippen MR) is 79.5 cm³/mol. The van der Waals surface area contributed by atoms with Crippen molar-refractivity contribution in [2.75, 3.05) is 6.54 Å². The Balaban J connectivity index is 1.73. The van der Waals surface area contributed by atoms with E-state index in [0.29, 0.717) is 5.92 Å². The number of benzene rings is 1. The summed E-state index contributed by atoms with van der Waals surface area (Å²) >= 11 is 0. The molecule has 102 valence electrons. The highest BCUT2D eigenvalue weighted by Crippen LogP contribution is 2.27. The van der Waals surface area contributed by atoms with Gasteiger partial charge in [0.2, 0.25) is 0 Å². The Bertz CT molecular complexity index is 446. The molecule has 2 aliphatic rings. The van der Waals surface area contributed by atoms with E-state index in [1.165, 1.54) is 56.1 Å². The molecule has 3 rings (SSSR count). The fourth-order valence-corrected chi connectivity index (χ4v) is 3.54. The molecule has 2 nitrogen and oxygen atoms in total. The molecule has 1 fully saturated rings. The molecule has 0 saturated heterocycles. The van der Waals surface area contributed by atoms with Gasteiger partial charge in [0.25, 0.3) is 0 Å². The highest BCUT2D eigenvalue weighted by Gasteiger charge is 2.24. The van der Waals surface area contributed by atoms with E-state index in [9.17, 15) is 0 Å². The van der Waals surface area contributed by atoms with Crippen LogP contribution in [0.4, 0.5) is 0 Å². The summed E-state index contributed by atoms with van der Waals surface area (Å²) < 4.78 is 0. The van der Waals surface area contributed by atoms with Crippen LogP contribution in [0.25, 0.3) is 0 Å². The second kappa shape index (κ2) is 5.77. The first-order valence-electron chi connectivity index (χ1n) is 7.75. The third-order valence-corrected chi connectivity index (χ3v) is 4.69. The lowest BCUT2D eigenvalue weighted by Crippen LogP contribution is -2.36. The zero-order valence-corrected chi connectivity index (χ0v) is 11.7. The Hall–Kier alpha value is -1.31. The van der Waals surface area contributed by atoms with Gasteiger partial charge in [0.15, 0.2) is 0 Å². The molecule has 0 spiro atoms. The Morgan fingerprint density at radius 3 is 2.53 bits per heavy atom. The molecule has 0 aromatic heterocycles. The van der Waals surface area contributed by atoms with Gasteiger partial charge in [-0.2, -0.15) is 0 Å². The number of hydrogen-bond acceptors (Lipinski definition) is 1. The van der Waals surface area contributed by atoms with E-state index in [-0.39, 0.29) is 0 Å². The summed E-state index contributed by atoms with van der Waals surface area (Å²) in [5.41, 5.74) is 2.92. The molecule has 0 atom stereocenters. The molecule has 1 N–H and O–H groups in total. The van der Waals surface area contributed by atoms with Gasteiger partial charge in [-0.25, -0.2) is 0 Å². The lowest BCUT2D eigenvalue weighted by molar-refractivity contribution is 0.349. The minimum atomic E-state index is 0.527. The highest BCUT2D eigenvalue weighted by atomic mass is 15.2. The Labute approximate surface area is 116 Å². The standard InChI is InChI=1S/C17H24N2/c18-17(15-8-2-1-3-9-15)19-12-6-11-14-7-4-5-10-16(14)13-19/h4-5,7,10,15,18H,1-3,6,8-9,11-13H2. The van der Waals surface area contributed by atoms with Gasteiger partial charge >= 0.3 is 0 Å². The van der Waals surface area contributed by atoms with Gasteiger partial charge in [0.1, 0.15) is 0 Å². The molecular weight excluding hydrogens is 232 g/mol. The fraction of sp³-hybridized carbons (Fsp3) is 0.588. The highest BCUT2D eigenvalue weighted by molar-refractivity contribution is 5.81. The van der Waals surface area contributed by atoms with Crippen molar-refractivity contribution in [2.24, 2.45) is 5.92 Å². The number of hydrogen-bond donors (Lipinski definition) is 1. The molecular formula is C17H24N2. The second-order valence-corrected chi connectivity index (χ2v) is 6.01. The van der Waals surface area contributed by atoms with Crippen molar-refractivity contribution in [1.29, 1.82) is 5.41 Å². The molecule has 1 saturated carbocycles. The zero-order chi connectivity index (χ0) is 13.1. The van der Waals surface area contributed by atoms with Crippen molar-refractivity contribution in [2.45, 2.75) is 51.5 Å². The van der Waals surface area contributed by atoms with Crippen LogP contribution in [0.5, 0.6) is 0 Å². The Morgan fingerprint density at radius 1 is 1.00 bits per heavy atom. The van der Waals surface area contributed by atoms with Crippen LogP contribution in [0, 0.1) is 11.3 Å². The van der Waals surface area contributed by atoms with Crippen molar-refractivity contribution in [3.05, 3.63) is 35.4 Å². The van der Waals surface area contributed by atoms with E-state index >= 15 is 0 Å². The van der Waals surface area contributed by atoms with E-state index in [2.05, 4.69) is 29.2 Å². The number of nitrogens with one attached hydrogen (secondary N) is 1. The molecule has 19 heavy (non-hydrogen) atoms. The van der Waals surface area contributed by atoms with E-state index in [1.807, 2.05) is 0 Å². The number of rotatable bonds is 1. The Kier molecular flexibility index (Phi) is 3.86. The van der Waals surface area contributed by atoms with Crippen LogP contribution in [-0.4, -0.2) is 17.3 Å². The summed E-state index contributed by atoms with van der Waals surface area (Å²) in [6.07, 6.45) is 8.83. The molecule has 1 aromatic rings. The summed E-state index contributed by atoms with van der Waals surface area (Å²) in [4.78, 5) is 2.34. The van der Waals surface area contributed by atoms with Gasteiger partial charge in [-0.05, 0) is 36.8 Å². The second-order valence-electron chi connectivity index (χ2n) is 6.01. The average Bonchev–Trinajstić information content (AvgIpc) is 2.69. The SMILES string of the molecule is N=C(C1CCCCC1)N1CCCc2ccccc2C1. The molecule has 0 bridgehead atoms. The fourth-order valence-electron chi connectivity index (χ4n) is 3.54. The van der Waals surface area contributed by atoms with Crippen molar-refractivity contribution < 1.29 is 0 Å². The largest absolute Gasteiger partial charge is 0.356 e. The summed E-state index contributed by atoms with van der Waals surface area (Å²) in [5, 5.41) is 8.54. The molecule has 2 heteroatoms. The maximum atomic E-state index is 8.54. The van der Waals surface area contributed by atoms with Crippen LogP contribution in [0.2, 0.25) is 0 Å². The van der Waals surface area contributed by atoms with Gasteiger partial charge in [-0.3, -0.25) is 5.41 Å². The first kappa shape index (κ1) is 12.7. The Morgan fingerprint density at radius 2 is 1.74 bits per heavy atom. The third-order valence-electron chi connectivity index (χ3n) is 4.69. The number of aryl methyl sites for hydroxylation is 1. The maximum Gasteiger partial charge on any atom is 0.0992 e. The number of nitrogens with zero attached hydrogens (tertiary/aromatic N) is 1. The average molecular weight is 256 g/mol. The van der Waals surface area contributed by atoms with Crippen molar-refractivity contribution in [1.82, 2.24) is 4.90 Å². The van der Waals surface area contributed by atoms with Crippen LogP contribution in [0.15, 0.2) is 24.3 Å². The van der Waals surface area contributed by atoms with Gasteiger partial charge in [-0.1, -0.05) is 43.5 Å². The van der Waals surface area contributed by atoms with Crippen LogP contribution in [0.1, 0.15) is 49.7 Å². The van der Waals surface area contributed by atoms with Gasteiger partial charge in [0, 0.05) is 19.0 Å². The van der Waals surface area contributed by atoms with Crippen LogP contribution in [0.3, 0.4) is 0 Å². The quantitative estimate of drug-likeness (QED) is 0.597. The zero-order valence-electron chi connectivity index (χ0n) is 11.7. The smallest absolute Gasteiger partial charge is 0.0992 e. The monoisotopic (exact) mass is 256 g/mol. The van der Waals surface area contributed by atoms with Gasteiger partial charge in [0.05, 0.1) is 5.84 Å². The van der Waals surface area contributed by atoms with Crippen molar-refractivity contribution in [3.63, 3.8) is 0 Å². The molecule has 1 heterocycles. The molecule has 1 aromatic carbocycles. The minimum Gasteiger partial charge on any atom is -0.356 e. The van der Waals surface area contributed by atoms with Gasteiger partial charge < -0.3 is 4.90 Å². The molecule has 0 amide bonds. The van der Waals surface area contributed by atoms with E-state index in [4.69, 9.17) is 5.41 Å². The van der Waals surface area contributed by atoms with Crippen LogP contribution in [-0.2, 0) is 13.0 Å². The molecule has 0 radical (unpaired) electrons. The normalized spacial score (nSPS) is 20.7. The summed E-state index contributed by atoms with van der Waals surface area (Å²) in [6.45, 7) is 2.01. The number of fused-ring (bicyclic) bond motifs is 1. The minimum absolute atomic E-state index is 0.527. The predicted octanol–water partition coefficient (Wildman–Crippen LogP) is 3.99. The van der Waals surface area contributed by atoms with Crippen LogP contribution < -0.4 is 0 Å². The topological polar surface area (TPSA) is 27.1 Å². The van der Waals surface area contributed by atoms with E-state index < -0.39 is 0 Å². The lowest BCUT2D eigenvalue weighted by Gasteiger charge is -2.31. The number of amidine groups is 1. The summed E-state index contributed by atoms with van der Waals surface area (Å²) in [7, 11) is 0. The lowest BCUT2D eigenvalue weighted by atomic mass is 9.88. The van der Waals surface area contributed by atoms with E-state index in [1.54, 1.807) is 0 Å². The van der Waals surface area contributed by atoms with Crippen molar-refractivity contribution >= 4 is 5.84 Å². The summed E-state index contributed by atoms with van der Waals surface area (Å²) in [5.74, 6) is 1.44. The third kappa shape index (κ3) is 2.83. The summed E-state index contributed by atoms with van der Waals surface area (Å²) in [6, 6.07) is 8.76. The van der Waals surface area contributed by atoms with Crippen LogP contribution >= 0.6 is 0 Å². The first-order valence-corrected chi connectivity index (χ1v) is 7.75. The molecule has 0 unspecified atom stereocenters. The van der Waals surface area contributed by atoms with E-state index in [0.717, 1.165) is 18.9 Å². The molecule has 1 aliphatic heterocycles. The van der Waals surface area contributed by atoms with Crippen molar-refractivity contribution in [3.8, 4) is 0 Å².